The summed E-state index contributed by atoms with van der Waals surface area (Å²) in [6, 6.07) is 5.61. The Morgan fingerprint density at radius 3 is 2.40 bits per heavy atom. The van der Waals surface area contributed by atoms with Gasteiger partial charge in [-0.15, -0.1) is 0 Å². The maximum atomic E-state index is 12.3. The molecule has 1 heterocycles. The van der Waals surface area contributed by atoms with E-state index in [2.05, 4.69) is 0 Å². The van der Waals surface area contributed by atoms with E-state index in [0.29, 0.717) is 13.1 Å². The zero-order valence-electron chi connectivity index (χ0n) is 14.8. The van der Waals surface area contributed by atoms with Crippen molar-refractivity contribution in [1.29, 1.82) is 0 Å². The van der Waals surface area contributed by atoms with Crippen LogP contribution in [0.2, 0.25) is 0 Å². The van der Waals surface area contributed by atoms with E-state index < -0.39 is 22.1 Å². The van der Waals surface area contributed by atoms with Crippen molar-refractivity contribution < 1.29 is 22.7 Å². The van der Waals surface area contributed by atoms with E-state index in [-0.39, 0.29) is 16.4 Å². The minimum atomic E-state index is -3.64. The first-order valence-electron chi connectivity index (χ1n) is 8.26. The molecular formula is C17H24N2O5S. The average Bonchev–Trinajstić information content (AvgIpc) is 2.61. The second-order valence-corrected chi connectivity index (χ2v) is 8.40. The highest BCUT2D eigenvalue weighted by Gasteiger charge is 2.26. The molecule has 8 heteroatoms. The summed E-state index contributed by atoms with van der Waals surface area (Å²) in [5.41, 5.74) is 0.0984. The van der Waals surface area contributed by atoms with E-state index in [1.54, 1.807) is 4.90 Å². The monoisotopic (exact) mass is 368 g/mol. The molecule has 2 rings (SSSR count). The third-order valence-electron chi connectivity index (χ3n) is 4.15. The first-order chi connectivity index (χ1) is 11.7. The Morgan fingerprint density at radius 1 is 1.16 bits per heavy atom. The van der Waals surface area contributed by atoms with E-state index in [9.17, 15) is 18.0 Å². The molecule has 0 bridgehead atoms. The fraction of sp³-hybridized carbons (Fsp3) is 0.529. The molecule has 25 heavy (non-hydrogen) atoms. The van der Waals surface area contributed by atoms with E-state index in [4.69, 9.17) is 4.74 Å². The molecule has 0 aliphatic carbocycles. The number of esters is 1. The number of likely N-dealkylation sites (tertiary alicyclic amines) is 1. The largest absolute Gasteiger partial charge is 0.449 e. The van der Waals surface area contributed by atoms with Crippen molar-refractivity contribution in [3.05, 3.63) is 29.8 Å². The summed E-state index contributed by atoms with van der Waals surface area (Å²) >= 11 is 0. The Hall–Kier alpha value is -1.93. The lowest BCUT2D eigenvalue weighted by Gasteiger charge is -2.28. The van der Waals surface area contributed by atoms with Gasteiger partial charge in [-0.1, -0.05) is 6.07 Å². The lowest BCUT2D eigenvalue weighted by atomic mass is 10.1. The van der Waals surface area contributed by atoms with E-state index in [0.717, 1.165) is 23.6 Å². The summed E-state index contributed by atoms with van der Waals surface area (Å²) in [4.78, 5) is 26.3. The third-order valence-corrected chi connectivity index (χ3v) is 5.96. The van der Waals surface area contributed by atoms with Gasteiger partial charge in [-0.25, -0.2) is 17.5 Å². The van der Waals surface area contributed by atoms with Gasteiger partial charge in [-0.05, 0) is 44.4 Å². The molecule has 1 aromatic carbocycles. The van der Waals surface area contributed by atoms with Crippen LogP contribution in [-0.2, 0) is 19.6 Å². The van der Waals surface area contributed by atoms with E-state index >= 15 is 0 Å². The predicted octanol–water partition coefficient (Wildman–Crippen LogP) is 1.49. The summed E-state index contributed by atoms with van der Waals surface area (Å²) in [6.07, 6.45) is 2.11. The summed E-state index contributed by atoms with van der Waals surface area (Å²) < 4.78 is 30.6. The molecule has 1 fully saturated rings. The maximum absolute atomic E-state index is 12.3. The Balaban J connectivity index is 2.09. The molecule has 1 amide bonds. The number of ether oxygens (including phenoxy) is 1. The van der Waals surface area contributed by atoms with Crippen LogP contribution in [0.15, 0.2) is 29.2 Å². The van der Waals surface area contributed by atoms with Gasteiger partial charge in [0.05, 0.1) is 10.5 Å². The lowest BCUT2D eigenvalue weighted by Crippen LogP contribution is -2.42. The molecule has 1 aliphatic heterocycles. The van der Waals surface area contributed by atoms with Gasteiger partial charge in [0.1, 0.15) is 0 Å². The lowest BCUT2D eigenvalue weighted by molar-refractivity contribution is -0.140. The number of carbonyl (C=O) groups excluding carboxylic acids is 2. The van der Waals surface area contributed by atoms with Crippen molar-refractivity contribution >= 4 is 21.9 Å². The summed E-state index contributed by atoms with van der Waals surface area (Å²) in [5, 5.41) is 0. The molecule has 1 atom stereocenters. The fourth-order valence-corrected chi connectivity index (χ4v) is 3.59. The van der Waals surface area contributed by atoms with Crippen molar-refractivity contribution in [2.45, 2.75) is 37.2 Å². The van der Waals surface area contributed by atoms with Crippen LogP contribution in [0.25, 0.3) is 0 Å². The van der Waals surface area contributed by atoms with Crippen LogP contribution >= 0.6 is 0 Å². The number of sulfonamides is 1. The highest BCUT2D eigenvalue weighted by Crippen LogP contribution is 2.17. The van der Waals surface area contributed by atoms with Crippen LogP contribution in [0, 0.1) is 0 Å². The van der Waals surface area contributed by atoms with Gasteiger partial charge in [0.15, 0.2) is 6.10 Å². The molecule has 7 nitrogen and oxygen atoms in total. The predicted molar refractivity (Wildman–Crippen MR) is 92.6 cm³/mol. The highest BCUT2D eigenvalue weighted by atomic mass is 32.2. The van der Waals surface area contributed by atoms with Gasteiger partial charge in [0.25, 0.3) is 5.91 Å². The standard InChI is InChI=1S/C17H24N2O5S/c1-13(16(20)19-10-5-4-6-11-19)24-17(21)14-8-7-9-15(12-14)25(22,23)18(2)3/h7-9,12-13H,4-6,10-11H2,1-3H3/t13-/m0/s1. The average molecular weight is 368 g/mol. The van der Waals surface area contributed by atoms with Crippen LogP contribution in [-0.4, -0.2) is 62.8 Å². The molecule has 1 aliphatic rings. The second-order valence-electron chi connectivity index (χ2n) is 6.25. The van der Waals surface area contributed by atoms with Gasteiger partial charge in [0.2, 0.25) is 10.0 Å². The Bertz CT molecular complexity index is 739. The van der Waals surface area contributed by atoms with Gasteiger partial charge in [-0.2, -0.15) is 0 Å². The number of carbonyl (C=O) groups is 2. The quantitative estimate of drug-likeness (QED) is 0.736. The van der Waals surface area contributed by atoms with E-state index in [1.807, 2.05) is 0 Å². The number of piperidine rings is 1. The number of hydrogen-bond donors (Lipinski definition) is 0. The molecule has 1 saturated heterocycles. The van der Waals surface area contributed by atoms with Gasteiger partial charge in [-0.3, -0.25) is 4.79 Å². The highest BCUT2D eigenvalue weighted by molar-refractivity contribution is 7.89. The molecular weight excluding hydrogens is 344 g/mol. The molecule has 0 saturated carbocycles. The molecule has 0 N–H and O–H groups in total. The zero-order valence-corrected chi connectivity index (χ0v) is 15.6. The van der Waals surface area contributed by atoms with Crippen molar-refractivity contribution in [2.75, 3.05) is 27.2 Å². The van der Waals surface area contributed by atoms with Crippen molar-refractivity contribution in [3.8, 4) is 0 Å². The number of amides is 1. The smallest absolute Gasteiger partial charge is 0.338 e. The SMILES string of the molecule is C[C@H](OC(=O)c1cccc(S(=O)(=O)N(C)C)c1)C(=O)N1CCCCC1. The van der Waals surface area contributed by atoms with Crippen molar-refractivity contribution in [3.63, 3.8) is 0 Å². The minimum absolute atomic E-state index is 0.00181. The van der Waals surface area contributed by atoms with Crippen LogP contribution in [0.5, 0.6) is 0 Å². The Morgan fingerprint density at radius 2 is 1.80 bits per heavy atom. The number of nitrogens with zero attached hydrogens (tertiary/aromatic N) is 2. The fourth-order valence-electron chi connectivity index (χ4n) is 2.64. The number of rotatable bonds is 5. The third kappa shape index (κ3) is 4.58. The normalized spacial score (nSPS) is 16.6. The zero-order chi connectivity index (χ0) is 18.6. The topological polar surface area (TPSA) is 84.0 Å². The van der Waals surface area contributed by atoms with Gasteiger partial charge >= 0.3 is 5.97 Å². The van der Waals surface area contributed by atoms with Crippen LogP contribution < -0.4 is 0 Å². The van der Waals surface area contributed by atoms with Crippen LogP contribution in [0.4, 0.5) is 0 Å². The van der Waals surface area contributed by atoms with Crippen molar-refractivity contribution in [2.24, 2.45) is 0 Å². The second kappa shape index (κ2) is 7.97. The molecule has 0 unspecified atom stereocenters. The number of benzene rings is 1. The number of hydrogen-bond acceptors (Lipinski definition) is 5. The molecule has 1 aromatic rings. The summed E-state index contributed by atoms with van der Waals surface area (Å²) in [5.74, 6) is -0.932. The Kier molecular flexibility index (Phi) is 6.18. The van der Waals surface area contributed by atoms with Crippen LogP contribution in [0.1, 0.15) is 36.5 Å². The van der Waals surface area contributed by atoms with Crippen LogP contribution in [0.3, 0.4) is 0 Å². The Labute approximate surface area is 148 Å². The van der Waals surface area contributed by atoms with Gasteiger partial charge < -0.3 is 9.64 Å². The van der Waals surface area contributed by atoms with Crippen molar-refractivity contribution in [1.82, 2.24) is 9.21 Å². The minimum Gasteiger partial charge on any atom is -0.449 e. The molecule has 0 spiro atoms. The summed E-state index contributed by atoms with van der Waals surface area (Å²) in [6.45, 7) is 2.89. The maximum Gasteiger partial charge on any atom is 0.338 e. The molecule has 0 radical (unpaired) electrons. The molecule has 0 aromatic heterocycles. The van der Waals surface area contributed by atoms with Gasteiger partial charge in [0, 0.05) is 27.2 Å². The first-order valence-corrected chi connectivity index (χ1v) is 9.70. The summed E-state index contributed by atoms with van der Waals surface area (Å²) in [7, 11) is -0.812. The first kappa shape index (κ1) is 19.4. The molecule has 138 valence electrons. The van der Waals surface area contributed by atoms with E-state index in [1.165, 1.54) is 45.3 Å².